The Morgan fingerprint density at radius 3 is 2.55 bits per heavy atom. The molecule has 2 rings (SSSR count). The maximum Gasteiger partial charge on any atom is 0.222 e. The van der Waals surface area contributed by atoms with Gasteiger partial charge in [0, 0.05) is 17.8 Å². The van der Waals surface area contributed by atoms with Crippen molar-refractivity contribution in [3.05, 3.63) is 53.6 Å². The van der Waals surface area contributed by atoms with Gasteiger partial charge in [-0.3, -0.25) is 4.79 Å². The molecule has 0 aliphatic heterocycles. The minimum atomic E-state index is -0.189. The molecule has 2 aromatic rings. The Morgan fingerprint density at radius 1 is 1.18 bits per heavy atom. The molecule has 0 saturated heterocycles. The number of allylic oxidation sites excluding steroid dienone is 2. The van der Waals surface area contributed by atoms with E-state index in [-0.39, 0.29) is 5.78 Å². The molecular formula is C17H19NO4. The van der Waals surface area contributed by atoms with Crippen LogP contribution in [0, 0.1) is 6.92 Å². The third kappa shape index (κ3) is 3.69. The topological polar surface area (TPSA) is 60.7 Å². The van der Waals surface area contributed by atoms with Crippen molar-refractivity contribution in [3.8, 4) is 11.5 Å². The smallest absolute Gasteiger partial charge is 0.222 e. The summed E-state index contributed by atoms with van der Waals surface area (Å²) in [6.07, 6.45) is 1.49. The molecular weight excluding hydrogens is 282 g/mol. The second-order valence-electron chi connectivity index (χ2n) is 4.79. The van der Waals surface area contributed by atoms with E-state index in [2.05, 4.69) is 5.32 Å². The highest BCUT2D eigenvalue weighted by molar-refractivity contribution is 6.03. The van der Waals surface area contributed by atoms with Gasteiger partial charge >= 0.3 is 0 Å². The van der Waals surface area contributed by atoms with Crippen LogP contribution in [0.5, 0.6) is 11.5 Å². The molecule has 0 amide bonds. The molecule has 5 heteroatoms. The number of methoxy groups -OCH3 is 2. The van der Waals surface area contributed by atoms with Gasteiger partial charge < -0.3 is 19.2 Å². The third-order valence-corrected chi connectivity index (χ3v) is 3.07. The first-order chi connectivity index (χ1) is 10.5. The number of anilines is 1. The van der Waals surface area contributed by atoms with E-state index in [1.165, 1.54) is 6.08 Å². The molecule has 0 atom stereocenters. The van der Waals surface area contributed by atoms with Gasteiger partial charge in [0.1, 0.15) is 17.3 Å². The molecule has 0 saturated carbocycles. The lowest BCUT2D eigenvalue weighted by atomic mass is 10.2. The number of carbonyl (C=O) groups excluding carboxylic acids is 1. The van der Waals surface area contributed by atoms with Crippen LogP contribution in [0.2, 0.25) is 0 Å². The fraction of sp³-hybridized carbons (Fsp3) is 0.235. The predicted molar refractivity (Wildman–Crippen MR) is 84.7 cm³/mol. The molecule has 0 radical (unpaired) electrons. The molecule has 116 valence electrons. The molecule has 0 aliphatic rings. The Balaban J connectivity index is 2.16. The van der Waals surface area contributed by atoms with E-state index in [0.717, 1.165) is 5.69 Å². The maximum atomic E-state index is 12.1. The second kappa shape index (κ2) is 6.85. The number of carbonyl (C=O) groups is 1. The lowest BCUT2D eigenvalue weighted by Gasteiger charge is -2.12. The molecule has 1 aromatic heterocycles. The minimum absolute atomic E-state index is 0.189. The molecule has 0 fully saturated rings. The van der Waals surface area contributed by atoms with Gasteiger partial charge in [-0.05, 0) is 38.1 Å². The number of hydrogen-bond donors (Lipinski definition) is 1. The number of benzene rings is 1. The van der Waals surface area contributed by atoms with E-state index in [0.29, 0.717) is 28.7 Å². The van der Waals surface area contributed by atoms with Crippen molar-refractivity contribution in [2.45, 2.75) is 13.8 Å². The first-order valence-corrected chi connectivity index (χ1v) is 6.81. The number of nitrogens with one attached hydrogen (secondary N) is 1. The summed E-state index contributed by atoms with van der Waals surface area (Å²) < 4.78 is 15.8. The van der Waals surface area contributed by atoms with Crippen LogP contribution < -0.4 is 14.8 Å². The monoisotopic (exact) mass is 301 g/mol. The molecule has 0 unspecified atom stereocenters. The van der Waals surface area contributed by atoms with Gasteiger partial charge in [-0.15, -0.1) is 0 Å². The Labute approximate surface area is 129 Å². The molecule has 5 nitrogen and oxygen atoms in total. The predicted octanol–water partition coefficient (Wildman–Crippen LogP) is 3.80. The van der Waals surface area contributed by atoms with Crippen molar-refractivity contribution in [2.24, 2.45) is 0 Å². The molecule has 1 aromatic carbocycles. The molecule has 22 heavy (non-hydrogen) atoms. The van der Waals surface area contributed by atoms with Gasteiger partial charge in [0.2, 0.25) is 5.78 Å². The number of aryl methyl sites for hydroxylation is 1. The number of ether oxygens (including phenoxy) is 2. The average Bonchev–Trinajstić information content (AvgIpc) is 2.94. The van der Waals surface area contributed by atoms with Crippen molar-refractivity contribution >= 4 is 11.5 Å². The maximum absolute atomic E-state index is 12.1. The van der Waals surface area contributed by atoms with Crippen LogP contribution in [0.1, 0.15) is 23.2 Å². The Morgan fingerprint density at radius 2 is 1.95 bits per heavy atom. The summed E-state index contributed by atoms with van der Waals surface area (Å²) in [6.45, 7) is 3.60. The highest BCUT2D eigenvalue weighted by Gasteiger charge is 2.09. The van der Waals surface area contributed by atoms with Crippen molar-refractivity contribution in [2.75, 3.05) is 19.5 Å². The zero-order valence-corrected chi connectivity index (χ0v) is 13.1. The van der Waals surface area contributed by atoms with Crippen molar-refractivity contribution in [1.29, 1.82) is 0 Å². The fourth-order valence-corrected chi connectivity index (χ4v) is 1.99. The summed E-state index contributed by atoms with van der Waals surface area (Å²) in [5.41, 5.74) is 1.43. The van der Waals surface area contributed by atoms with Crippen molar-refractivity contribution < 1.29 is 18.7 Å². The largest absolute Gasteiger partial charge is 0.497 e. The van der Waals surface area contributed by atoms with Gasteiger partial charge in [0.05, 0.1) is 19.9 Å². The Hall–Kier alpha value is -2.69. The summed E-state index contributed by atoms with van der Waals surface area (Å²) in [7, 11) is 3.17. The van der Waals surface area contributed by atoms with Gasteiger partial charge in [-0.2, -0.15) is 0 Å². The highest BCUT2D eigenvalue weighted by atomic mass is 16.5. The van der Waals surface area contributed by atoms with E-state index >= 15 is 0 Å². The lowest BCUT2D eigenvalue weighted by Crippen LogP contribution is -2.02. The van der Waals surface area contributed by atoms with E-state index in [1.54, 1.807) is 46.3 Å². The van der Waals surface area contributed by atoms with E-state index < -0.39 is 0 Å². The van der Waals surface area contributed by atoms with Crippen molar-refractivity contribution in [1.82, 2.24) is 0 Å². The second-order valence-corrected chi connectivity index (χ2v) is 4.79. The molecule has 1 N–H and O–H groups in total. The van der Waals surface area contributed by atoms with Crippen LogP contribution in [0.15, 0.2) is 46.5 Å². The third-order valence-electron chi connectivity index (χ3n) is 3.07. The first kappa shape index (κ1) is 15.7. The summed E-state index contributed by atoms with van der Waals surface area (Å²) >= 11 is 0. The zero-order valence-electron chi connectivity index (χ0n) is 13.1. The van der Waals surface area contributed by atoms with Gasteiger partial charge in [-0.1, -0.05) is 0 Å². The Kier molecular flexibility index (Phi) is 4.88. The SMILES string of the molecule is COc1ccc(N/C(C)=C/C(=O)c2ccc(C)o2)c(OC)c1. The molecule has 1 heterocycles. The van der Waals surface area contributed by atoms with Gasteiger partial charge in [-0.25, -0.2) is 0 Å². The quantitative estimate of drug-likeness (QED) is 0.649. The summed E-state index contributed by atoms with van der Waals surface area (Å²) in [6, 6.07) is 8.84. The summed E-state index contributed by atoms with van der Waals surface area (Å²) in [4.78, 5) is 12.1. The van der Waals surface area contributed by atoms with Crippen LogP contribution >= 0.6 is 0 Å². The van der Waals surface area contributed by atoms with Crippen LogP contribution in [0.3, 0.4) is 0 Å². The lowest BCUT2D eigenvalue weighted by molar-refractivity contribution is 0.102. The number of ketones is 1. The van der Waals surface area contributed by atoms with Crippen LogP contribution in [0.4, 0.5) is 5.69 Å². The van der Waals surface area contributed by atoms with E-state index in [4.69, 9.17) is 13.9 Å². The minimum Gasteiger partial charge on any atom is -0.497 e. The van der Waals surface area contributed by atoms with E-state index in [1.807, 2.05) is 12.1 Å². The number of hydrogen-bond acceptors (Lipinski definition) is 5. The average molecular weight is 301 g/mol. The number of rotatable bonds is 6. The summed E-state index contributed by atoms with van der Waals surface area (Å²) in [5, 5.41) is 3.14. The van der Waals surface area contributed by atoms with Gasteiger partial charge in [0.25, 0.3) is 0 Å². The van der Waals surface area contributed by atoms with Crippen LogP contribution in [-0.2, 0) is 0 Å². The fourth-order valence-electron chi connectivity index (χ4n) is 1.99. The van der Waals surface area contributed by atoms with Gasteiger partial charge in [0.15, 0.2) is 5.76 Å². The highest BCUT2D eigenvalue weighted by Crippen LogP contribution is 2.29. The normalized spacial score (nSPS) is 11.2. The van der Waals surface area contributed by atoms with Crippen LogP contribution in [-0.4, -0.2) is 20.0 Å². The van der Waals surface area contributed by atoms with Crippen LogP contribution in [0.25, 0.3) is 0 Å². The Bertz CT molecular complexity index is 700. The summed E-state index contributed by atoms with van der Waals surface area (Å²) in [5.74, 6) is 2.17. The molecule has 0 aliphatic carbocycles. The molecule has 0 spiro atoms. The first-order valence-electron chi connectivity index (χ1n) is 6.81. The van der Waals surface area contributed by atoms with E-state index in [9.17, 15) is 4.79 Å². The molecule has 0 bridgehead atoms. The zero-order chi connectivity index (χ0) is 16.1. The van der Waals surface area contributed by atoms with Crippen molar-refractivity contribution in [3.63, 3.8) is 0 Å². The standard InChI is InChI=1S/C17H19NO4/c1-11(9-15(19)16-8-5-12(2)22-16)18-14-7-6-13(20-3)10-17(14)21-4/h5-10,18H,1-4H3/b11-9+. The number of furan rings is 1.